The van der Waals surface area contributed by atoms with E-state index in [1.165, 1.54) is 12.3 Å². The minimum absolute atomic E-state index is 0.0474. The van der Waals surface area contributed by atoms with Crippen LogP contribution in [0.4, 0.5) is 0 Å². The molecule has 0 spiro atoms. The van der Waals surface area contributed by atoms with E-state index in [1.54, 1.807) is 0 Å². The summed E-state index contributed by atoms with van der Waals surface area (Å²) in [6, 6.07) is 1.30. The lowest BCUT2D eigenvalue weighted by atomic mass is 10.4. The molecule has 6 heteroatoms. The SMILES string of the molecule is NC(=O)Cn1nccc1C(=O)O. The maximum atomic E-state index is 10.5. The van der Waals surface area contributed by atoms with Crippen molar-refractivity contribution < 1.29 is 14.7 Å². The highest BCUT2D eigenvalue weighted by molar-refractivity contribution is 5.86. The zero-order valence-electron chi connectivity index (χ0n) is 6.10. The average molecular weight is 169 g/mol. The van der Waals surface area contributed by atoms with Crippen molar-refractivity contribution in [2.45, 2.75) is 6.54 Å². The summed E-state index contributed by atoms with van der Waals surface area (Å²) in [6.45, 7) is -0.214. The number of primary amides is 1. The number of hydrogen-bond acceptors (Lipinski definition) is 3. The topological polar surface area (TPSA) is 98.2 Å². The Kier molecular flexibility index (Phi) is 2.09. The quantitative estimate of drug-likeness (QED) is 0.610. The first kappa shape index (κ1) is 8.25. The summed E-state index contributed by atoms with van der Waals surface area (Å²) in [5.41, 5.74) is 4.81. The summed E-state index contributed by atoms with van der Waals surface area (Å²) >= 11 is 0. The van der Waals surface area contributed by atoms with E-state index >= 15 is 0 Å². The van der Waals surface area contributed by atoms with Crippen LogP contribution in [0.3, 0.4) is 0 Å². The van der Waals surface area contributed by atoms with E-state index in [9.17, 15) is 9.59 Å². The Morgan fingerprint density at radius 2 is 2.33 bits per heavy atom. The van der Waals surface area contributed by atoms with Gasteiger partial charge in [0.05, 0.1) is 0 Å². The van der Waals surface area contributed by atoms with Crippen LogP contribution in [0, 0.1) is 0 Å². The third-order valence-corrected chi connectivity index (χ3v) is 1.24. The van der Waals surface area contributed by atoms with E-state index in [4.69, 9.17) is 10.8 Å². The Hall–Kier alpha value is -1.85. The standard InChI is InChI=1S/C6H7N3O3/c7-5(10)3-9-4(6(11)12)1-2-8-9/h1-2H,3H2,(H2,7,10)(H,11,12). The third kappa shape index (κ3) is 1.60. The molecule has 1 rings (SSSR count). The molecule has 1 heterocycles. The second kappa shape index (κ2) is 3.04. The van der Waals surface area contributed by atoms with Gasteiger partial charge in [0.15, 0.2) is 0 Å². The molecule has 0 radical (unpaired) electrons. The van der Waals surface area contributed by atoms with Crippen LogP contribution in [0.5, 0.6) is 0 Å². The van der Waals surface area contributed by atoms with Crippen LogP contribution >= 0.6 is 0 Å². The predicted octanol–water partition coefficient (Wildman–Crippen LogP) is -0.933. The molecule has 0 unspecified atom stereocenters. The summed E-state index contributed by atoms with van der Waals surface area (Å²) < 4.78 is 1.03. The minimum Gasteiger partial charge on any atom is -0.477 e. The van der Waals surface area contributed by atoms with Crippen LogP contribution in [0.15, 0.2) is 12.3 Å². The first-order valence-electron chi connectivity index (χ1n) is 3.14. The molecule has 0 aliphatic carbocycles. The van der Waals surface area contributed by atoms with Gasteiger partial charge in [-0.3, -0.25) is 4.79 Å². The van der Waals surface area contributed by atoms with Crippen LogP contribution in [0.1, 0.15) is 10.5 Å². The van der Waals surface area contributed by atoms with Crippen LogP contribution in [-0.4, -0.2) is 26.8 Å². The lowest BCUT2D eigenvalue weighted by Gasteiger charge is -1.99. The van der Waals surface area contributed by atoms with Crippen LogP contribution < -0.4 is 5.73 Å². The summed E-state index contributed by atoms with van der Waals surface area (Å²) in [5, 5.41) is 12.2. The maximum absolute atomic E-state index is 10.5. The van der Waals surface area contributed by atoms with Crippen molar-refractivity contribution in [3.05, 3.63) is 18.0 Å². The summed E-state index contributed by atoms with van der Waals surface area (Å²) in [6.07, 6.45) is 1.30. The van der Waals surface area contributed by atoms with Gasteiger partial charge in [-0.25, -0.2) is 9.48 Å². The zero-order valence-corrected chi connectivity index (χ0v) is 6.10. The molecule has 0 aromatic carbocycles. The molecule has 64 valence electrons. The fourth-order valence-electron chi connectivity index (χ4n) is 0.788. The van der Waals surface area contributed by atoms with E-state index in [0.29, 0.717) is 0 Å². The molecule has 0 saturated heterocycles. The van der Waals surface area contributed by atoms with Gasteiger partial charge in [-0.2, -0.15) is 5.10 Å². The van der Waals surface area contributed by atoms with Gasteiger partial charge < -0.3 is 10.8 Å². The summed E-state index contributed by atoms with van der Waals surface area (Å²) in [7, 11) is 0. The number of nitrogens with two attached hydrogens (primary N) is 1. The number of aromatic nitrogens is 2. The molecule has 0 aliphatic rings. The lowest BCUT2D eigenvalue weighted by molar-refractivity contribution is -0.118. The molecule has 12 heavy (non-hydrogen) atoms. The fraction of sp³-hybridized carbons (Fsp3) is 0.167. The van der Waals surface area contributed by atoms with Crippen molar-refractivity contribution >= 4 is 11.9 Å². The minimum atomic E-state index is -1.13. The molecule has 0 bridgehead atoms. The third-order valence-electron chi connectivity index (χ3n) is 1.24. The van der Waals surface area contributed by atoms with E-state index in [2.05, 4.69) is 5.10 Å². The van der Waals surface area contributed by atoms with E-state index < -0.39 is 11.9 Å². The number of rotatable bonds is 3. The largest absolute Gasteiger partial charge is 0.477 e. The van der Waals surface area contributed by atoms with E-state index in [0.717, 1.165) is 4.68 Å². The van der Waals surface area contributed by atoms with Gasteiger partial charge in [-0.15, -0.1) is 0 Å². The Morgan fingerprint density at radius 1 is 1.67 bits per heavy atom. The van der Waals surface area contributed by atoms with Gasteiger partial charge in [0, 0.05) is 6.20 Å². The monoisotopic (exact) mass is 169 g/mol. The predicted molar refractivity (Wildman–Crippen MR) is 38.4 cm³/mol. The number of amides is 1. The number of aromatic carboxylic acids is 1. The highest BCUT2D eigenvalue weighted by atomic mass is 16.4. The highest BCUT2D eigenvalue weighted by Gasteiger charge is 2.10. The van der Waals surface area contributed by atoms with Crippen molar-refractivity contribution in [1.82, 2.24) is 9.78 Å². The van der Waals surface area contributed by atoms with Crippen molar-refractivity contribution in [2.24, 2.45) is 5.73 Å². The number of carbonyl (C=O) groups is 2. The van der Waals surface area contributed by atoms with Crippen molar-refractivity contribution in [1.29, 1.82) is 0 Å². The number of hydrogen-bond donors (Lipinski definition) is 2. The average Bonchev–Trinajstić information content (AvgIpc) is 2.33. The molecular weight excluding hydrogens is 162 g/mol. The van der Waals surface area contributed by atoms with Gasteiger partial charge in [0.25, 0.3) is 0 Å². The normalized spacial score (nSPS) is 9.67. The van der Waals surface area contributed by atoms with E-state index in [1.807, 2.05) is 0 Å². The molecule has 6 nitrogen and oxygen atoms in total. The Morgan fingerprint density at radius 3 is 2.83 bits per heavy atom. The van der Waals surface area contributed by atoms with E-state index in [-0.39, 0.29) is 12.2 Å². The number of carboxylic acid groups (broad SMARTS) is 1. The van der Waals surface area contributed by atoms with Crippen molar-refractivity contribution in [3.8, 4) is 0 Å². The fourth-order valence-corrected chi connectivity index (χ4v) is 0.788. The van der Waals surface area contributed by atoms with Gasteiger partial charge >= 0.3 is 5.97 Å². The Labute approximate surface area is 67.6 Å². The molecular formula is C6H7N3O3. The number of nitrogens with zero attached hydrogens (tertiary/aromatic N) is 2. The van der Waals surface area contributed by atoms with Crippen LogP contribution in [0.25, 0.3) is 0 Å². The second-order valence-corrected chi connectivity index (χ2v) is 2.15. The Bertz CT molecular complexity index is 318. The van der Waals surface area contributed by atoms with Gasteiger partial charge in [-0.05, 0) is 6.07 Å². The maximum Gasteiger partial charge on any atom is 0.354 e. The molecule has 1 aromatic heterocycles. The van der Waals surface area contributed by atoms with Gasteiger partial charge in [0.1, 0.15) is 12.2 Å². The van der Waals surface area contributed by atoms with Crippen molar-refractivity contribution in [2.75, 3.05) is 0 Å². The van der Waals surface area contributed by atoms with Crippen molar-refractivity contribution in [3.63, 3.8) is 0 Å². The second-order valence-electron chi connectivity index (χ2n) is 2.15. The molecule has 1 aromatic rings. The summed E-state index contributed by atoms with van der Waals surface area (Å²) in [5.74, 6) is -1.75. The smallest absolute Gasteiger partial charge is 0.354 e. The van der Waals surface area contributed by atoms with Crippen LogP contribution in [0.2, 0.25) is 0 Å². The molecule has 0 atom stereocenters. The molecule has 0 aliphatic heterocycles. The zero-order chi connectivity index (χ0) is 9.14. The molecule has 1 amide bonds. The van der Waals surface area contributed by atoms with Gasteiger partial charge in [0.2, 0.25) is 5.91 Å². The lowest BCUT2D eigenvalue weighted by Crippen LogP contribution is -2.22. The molecule has 3 N–H and O–H groups in total. The Balaban J connectivity index is 2.91. The van der Waals surface area contributed by atoms with Crippen LogP contribution in [-0.2, 0) is 11.3 Å². The summed E-state index contributed by atoms with van der Waals surface area (Å²) in [4.78, 5) is 20.9. The highest BCUT2D eigenvalue weighted by Crippen LogP contribution is 1.97. The van der Waals surface area contributed by atoms with Gasteiger partial charge in [-0.1, -0.05) is 0 Å². The molecule has 0 fully saturated rings. The first-order chi connectivity index (χ1) is 5.61. The first-order valence-corrected chi connectivity index (χ1v) is 3.14. The number of carbonyl (C=O) groups excluding carboxylic acids is 1. The number of carboxylic acids is 1. The molecule has 0 saturated carbocycles.